The van der Waals surface area contributed by atoms with E-state index in [2.05, 4.69) is 25.1 Å². The monoisotopic (exact) mass is 327 g/mol. The summed E-state index contributed by atoms with van der Waals surface area (Å²) in [6.07, 6.45) is 15.2. The number of rotatable bonds is 10. The van der Waals surface area contributed by atoms with Gasteiger partial charge in [-0.1, -0.05) is 70.4 Å². The van der Waals surface area contributed by atoms with Crippen LogP contribution in [0.4, 0.5) is 0 Å². The number of hydrogen-bond donors (Lipinski definition) is 0. The van der Waals surface area contributed by atoms with Crippen molar-refractivity contribution in [1.82, 2.24) is 0 Å². The average molecular weight is 328 g/mol. The van der Waals surface area contributed by atoms with Crippen molar-refractivity contribution < 1.29 is 4.74 Å². The molecular formula is C22H33NO. The number of hydrogen-bond acceptors (Lipinski definition) is 2. The second kappa shape index (κ2) is 11.3. The van der Waals surface area contributed by atoms with Gasteiger partial charge in [0.1, 0.15) is 0 Å². The first-order valence-corrected chi connectivity index (χ1v) is 9.95. The van der Waals surface area contributed by atoms with Crippen LogP contribution < -0.4 is 0 Å². The van der Waals surface area contributed by atoms with Gasteiger partial charge in [-0.05, 0) is 37.0 Å². The minimum atomic E-state index is 0.472. The Labute approximate surface area is 148 Å². The van der Waals surface area contributed by atoms with E-state index in [4.69, 9.17) is 10.00 Å². The average Bonchev–Trinajstić information content (AvgIpc) is 2.64. The highest BCUT2D eigenvalue weighted by atomic mass is 16.5. The molecular weight excluding hydrogens is 294 g/mol. The van der Waals surface area contributed by atoms with Crippen LogP contribution in [0, 0.1) is 11.3 Å². The Hall–Kier alpha value is -1.33. The summed E-state index contributed by atoms with van der Waals surface area (Å²) < 4.78 is 6.10. The van der Waals surface area contributed by atoms with Crippen LogP contribution in [-0.4, -0.2) is 12.7 Å². The lowest BCUT2D eigenvalue weighted by molar-refractivity contribution is -0.00214. The molecule has 0 aliphatic carbocycles. The molecule has 0 bridgehead atoms. The second-order valence-electron chi connectivity index (χ2n) is 7.23. The summed E-state index contributed by atoms with van der Waals surface area (Å²) in [5.41, 5.74) is 2.06. The van der Waals surface area contributed by atoms with Gasteiger partial charge >= 0.3 is 0 Å². The van der Waals surface area contributed by atoms with Crippen LogP contribution in [0.1, 0.15) is 94.6 Å². The molecule has 24 heavy (non-hydrogen) atoms. The van der Waals surface area contributed by atoms with Gasteiger partial charge in [0.25, 0.3) is 0 Å². The van der Waals surface area contributed by atoms with Crippen LogP contribution in [0.15, 0.2) is 24.3 Å². The molecule has 1 fully saturated rings. The Morgan fingerprint density at radius 3 is 2.21 bits per heavy atom. The van der Waals surface area contributed by atoms with E-state index in [1.807, 2.05) is 12.1 Å². The van der Waals surface area contributed by atoms with E-state index in [1.165, 1.54) is 76.2 Å². The van der Waals surface area contributed by atoms with Crippen molar-refractivity contribution in [3.63, 3.8) is 0 Å². The zero-order valence-corrected chi connectivity index (χ0v) is 15.3. The summed E-state index contributed by atoms with van der Waals surface area (Å²) in [4.78, 5) is 0. The first kappa shape index (κ1) is 19.0. The molecule has 1 aliphatic rings. The fourth-order valence-corrected chi connectivity index (χ4v) is 3.63. The molecule has 1 aromatic carbocycles. The largest absolute Gasteiger partial charge is 0.378 e. The van der Waals surface area contributed by atoms with E-state index in [0.717, 1.165) is 12.2 Å². The maximum Gasteiger partial charge on any atom is 0.0991 e. The molecule has 1 aromatic rings. The molecule has 2 nitrogen and oxygen atoms in total. The van der Waals surface area contributed by atoms with Gasteiger partial charge < -0.3 is 4.74 Å². The van der Waals surface area contributed by atoms with E-state index in [0.29, 0.717) is 12.0 Å². The highest BCUT2D eigenvalue weighted by Crippen LogP contribution is 2.30. The molecule has 1 saturated heterocycles. The predicted molar refractivity (Wildman–Crippen MR) is 100 cm³/mol. The maximum absolute atomic E-state index is 8.87. The summed E-state index contributed by atoms with van der Waals surface area (Å²) in [6, 6.07) is 10.2. The molecule has 1 heterocycles. The third-order valence-corrected chi connectivity index (χ3v) is 5.26. The van der Waals surface area contributed by atoms with Gasteiger partial charge in [-0.3, -0.25) is 0 Å². The molecule has 0 aromatic heterocycles. The number of ether oxygens (including phenoxy) is 1. The van der Waals surface area contributed by atoms with E-state index >= 15 is 0 Å². The molecule has 0 radical (unpaired) electrons. The number of benzene rings is 1. The Kier molecular flexibility index (Phi) is 8.92. The Morgan fingerprint density at radius 1 is 0.958 bits per heavy atom. The normalized spacial score (nSPS) is 20.7. The minimum Gasteiger partial charge on any atom is -0.378 e. The molecule has 2 unspecified atom stereocenters. The molecule has 0 saturated carbocycles. The molecule has 0 spiro atoms. The lowest BCUT2D eigenvalue weighted by atomic mass is 9.89. The molecule has 132 valence electrons. The standard InChI is InChI=1S/C22H33NO/c1-2-3-4-5-6-7-8-9-10-22-16-15-21(18-24-22)20-13-11-19(17-23)12-14-20/h11-14,21-22H,2-10,15-16,18H2,1H3. The molecule has 2 rings (SSSR count). The molecule has 2 atom stereocenters. The maximum atomic E-state index is 8.87. The van der Waals surface area contributed by atoms with Crippen molar-refractivity contribution in [2.75, 3.05) is 6.61 Å². The zero-order valence-electron chi connectivity index (χ0n) is 15.3. The number of unbranched alkanes of at least 4 members (excludes halogenated alkanes) is 7. The summed E-state index contributed by atoms with van der Waals surface area (Å²) in [7, 11) is 0. The quantitative estimate of drug-likeness (QED) is 0.469. The van der Waals surface area contributed by atoms with Crippen LogP contribution in [0.25, 0.3) is 0 Å². The lowest BCUT2D eigenvalue weighted by Gasteiger charge is -2.29. The van der Waals surface area contributed by atoms with E-state index < -0.39 is 0 Å². The SMILES string of the molecule is CCCCCCCCCCC1CCC(c2ccc(C#N)cc2)CO1. The van der Waals surface area contributed by atoms with Crippen molar-refractivity contribution >= 4 is 0 Å². The van der Waals surface area contributed by atoms with Crippen molar-refractivity contribution in [2.24, 2.45) is 0 Å². The van der Waals surface area contributed by atoms with Crippen LogP contribution in [0.2, 0.25) is 0 Å². The van der Waals surface area contributed by atoms with Crippen molar-refractivity contribution in [3.8, 4) is 6.07 Å². The van der Waals surface area contributed by atoms with Gasteiger partial charge in [0.05, 0.1) is 24.3 Å². The van der Waals surface area contributed by atoms with Crippen LogP contribution in [0.5, 0.6) is 0 Å². The zero-order chi connectivity index (χ0) is 17.0. The Morgan fingerprint density at radius 2 is 1.62 bits per heavy atom. The summed E-state index contributed by atoms with van der Waals surface area (Å²) in [5.74, 6) is 0.507. The van der Waals surface area contributed by atoms with Crippen molar-refractivity contribution in [1.29, 1.82) is 5.26 Å². The van der Waals surface area contributed by atoms with Crippen LogP contribution in [0.3, 0.4) is 0 Å². The summed E-state index contributed by atoms with van der Waals surface area (Å²) in [5, 5.41) is 8.87. The summed E-state index contributed by atoms with van der Waals surface area (Å²) >= 11 is 0. The van der Waals surface area contributed by atoms with Crippen molar-refractivity contribution in [3.05, 3.63) is 35.4 Å². The third kappa shape index (κ3) is 6.65. The molecule has 0 N–H and O–H groups in total. The van der Waals surface area contributed by atoms with E-state index in [9.17, 15) is 0 Å². The molecule has 0 amide bonds. The van der Waals surface area contributed by atoms with Gasteiger partial charge in [0.2, 0.25) is 0 Å². The van der Waals surface area contributed by atoms with Gasteiger partial charge in [0.15, 0.2) is 0 Å². The van der Waals surface area contributed by atoms with Crippen molar-refractivity contribution in [2.45, 2.75) is 89.6 Å². The lowest BCUT2D eigenvalue weighted by Crippen LogP contribution is -2.24. The van der Waals surface area contributed by atoms with Gasteiger partial charge in [-0.15, -0.1) is 0 Å². The minimum absolute atomic E-state index is 0.472. The van der Waals surface area contributed by atoms with Gasteiger partial charge in [-0.25, -0.2) is 0 Å². The number of nitrogens with zero attached hydrogens (tertiary/aromatic N) is 1. The predicted octanol–water partition coefficient (Wildman–Crippen LogP) is 6.35. The first-order chi connectivity index (χ1) is 11.8. The van der Waals surface area contributed by atoms with Gasteiger partial charge in [-0.2, -0.15) is 5.26 Å². The van der Waals surface area contributed by atoms with E-state index in [1.54, 1.807) is 0 Å². The fraction of sp³-hybridized carbons (Fsp3) is 0.682. The Bertz CT molecular complexity index is 480. The van der Waals surface area contributed by atoms with Crippen LogP contribution >= 0.6 is 0 Å². The highest BCUT2D eigenvalue weighted by Gasteiger charge is 2.22. The smallest absolute Gasteiger partial charge is 0.0991 e. The highest BCUT2D eigenvalue weighted by molar-refractivity contribution is 5.33. The van der Waals surface area contributed by atoms with Gasteiger partial charge in [0, 0.05) is 5.92 Å². The second-order valence-corrected chi connectivity index (χ2v) is 7.23. The first-order valence-electron chi connectivity index (χ1n) is 9.95. The molecule has 1 aliphatic heterocycles. The fourth-order valence-electron chi connectivity index (χ4n) is 3.63. The topological polar surface area (TPSA) is 33.0 Å². The third-order valence-electron chi connectivity index (χ3n) is 5.26. The van der Waals surface area contributed by atoms with E-state index in [-0.39, 0.29) is 0 Å². The Balaban J connectivity index is 1.55. The number of nitriles is 1. The summed E-state index contributed by atoms with van der Waals surface area (Å²) in [6.45, 7) is 3.11. The molecule has 2 heteroatoms. The van der Waals surface area contributed by atoms with Crippen LogP contribution in [-0.2, 0) is 4.74 Å².